The van der Waals surface area contributed by atoms with Crippen molar-refractivity contribution < 1.29 is 4.74 Å². The molecule has 0 amide bonds. The number of aromatic nitrogens is 4. The van der Waals surface area contributed by atoms with Crippen LogP contribution < -0.4 is 4.74 Å². The van der Waals surface area contributed by atoms with Crippen molar-refractivity contribution in [1.82, 2.24) is 19.7 Å². The molecule has 0 spiro atoms. The molecule has 0 N–H and O–H groups in total. The normalized spacial score (nSPS) is 11.0. The van der Waals surface area contributed by atoms with E-state index in [0.29, 0.717) is 10.8 Å². The number of hydrogen-bond acceptors (Lipinski definition) is 4. The maximum absolute atomic E-state index is 6.23. The summed E-state index contributed by atoms with van der Waals surface area (Å²) in [6.07, 6.45) is 3.27. The standard InChI is InChI=1S/C15H15ClN4O/c1-3-5-12-13-14(16)17-9-18-15(13)20(19-12)10-6-4-7-11(8-10)21-2/h4,6-9H,3,5H2,1-2H3. The summed E-state index contributed by atoms with van der Waals surface area (Å²) in [6.45, 7) is 2.11. The second-order valence-electron chi connectivity index (χ2n) is 4.67. The molecule has 0 bridgehead atoms. The van der Waals surface area contributed by atoms with Crippen LogP contribution in [0.3, 0.4) is 0 Å². The molecule has 0 aliphatic carbocycles. The number of nitrogens with zero attached hydrogens (tertiary/aromatic N) is 4. The highest BCUT2D eigenvalue weighted by Crippen LogP contribution is 2.27. The van der Waals surface area contributed by atoms with E-state index in [-0.39, 0.29) is 0 Å². The second kappa shape index (κ2) is 5.69. The molecule has 2 heterocycles. The molecule has 0 fully saturated rings. The summed E-state index contributed by atoms with van der Waals surface area (Å²) in [5, 5.41) is 5.92. The zero-order valence-corrected chi connectivity index (χ0v) is 12.6. The molecule has 0 aliphatic rings. The van der Waals surface area contributed by atoms with E-state index in [4.69, 9.17) is 16.3 Å². The van der Waals surface area contributed by atoms with Crippen molar-refractivity contribution in [3.8, 4) is 11.4 Å². The van der Waals surface area contributed by atoms with Gasteiger partial charge in [0.2, 0.25) is 0 Å². The molecule has 0 radical (unpaired) electrons. The Morgan fingerprint density at radius 1 is 1.29 bits per heavy atom. The summed E-state index contributed by atoms with van der Waals surface area (Å²) in [5.74, 6) is 0.772. The van der Waals surface area contributed by atoms with Crippen molar-refractivity contribution in [1.29, 1.82) is 0 Å². The maximum atomic E-state index is 6.23. The number of aryl methyl sites for hydroxylation is 1. The van der Waals surface area contributed by atoms with Crippen LogP contribution in [0.15, 0.2) is 30.6 Å². The fourth-order valence-corrected chi connectivity index (χ4v) is 2.55. The van der Waals surface area contributed by atoms with Gasteiger partial charge in [0, 0.05) is 6.07 Å². The molecule has 0 atom stereocenters. The largest absolute Gasteiger partial charge is 0.497 e. The lowest BCUT2D eigenvalue weighted by Gasteiger charge is -2.05. The SMILES string of the molecule is CCCc1nn(-c2cccc(OC)c2)c2ncnc(Cl)c12. The highest BCUT2D eigenvalue weighted by Gasteiger charge is 2.16. The molecule has 2 aromatic heterocycles. The summed E-state index contributed by atoms with van der Waals surface area (Å²) in [7, 11) is 1.64. The van der Waals surface area contributed by atoms with Gasteiger partial charge in [-0.1, -0.05) is 31.0 Å². The third-order valence-corrected chi connectivity index (χ3v) is 3.56. The van der Waals surface area contributed by atoms with Crippen LogP contribution in [-0.4, -0.2) is 26.9 Å². The number of methoxy groups -OCH3 is 1. The predicted molar refractivity (Wildman–Crippen MR) is 82.2 cm³/mol. The van der Waals surface area contributed by atoms with Gasteiger partial charge >= 0.3 is 0 Å². The first-order valence-electron chi connectivity index (χ1n) is 6.77. The zero-order chi connectivity index (χ0) is 14.8. The van der Waals surface area contributed by atoms with E-state index >= 15 is 0 Å². The number of hydrogen-bond donors (Lipinski definition) is 0. The lowest BCUT2D eigenvalue weighted by atomic mass is 10.2. The molecule has 6 heteroatoms. The molecule has 0 saturated carbocycles. The van der Waals surface area contributed by atoms with Gasteiger partial charge in [-0.2, -0.15) is 5.10 Å². The zero-order valence-electron chi connectivity index (χ0n) is 11.9. The van der Waals surface area contributed by atoms with Crippen LogP contribution in [0.2, 0.25) is 5.15 Å². The maximum Gasteiger partial charge on any atom is 0.168 e. The highest BCUT2D eigenvalue weighted by atomic mass is 35.5. The van der Waals surface area contributed by atoms with E-state index in [1.165, 1.54) is 6.33 Å². The van der Waals surface area contributed by atoms with E-state index in [1.807, 2.05) is 24.3 Å². The van der Waals surface area contributed by atoms with Crippen molar-refractivity contribution in [3.05, 3.63) is 41.4 Å². The average molecular weight is 303 g/mol. The Morgan fingerprint density at radius 3 is 2.90 bits per heavy atom. The Labute approximate surface area is 127 Å². The minimum Gasteiger partial charge on any atom is -0.497 e. The Balaban J connectivity index is 2.25. The van der Waals surface area contributed by atoms with Gasteiger partial charge in [-0.3, -0.25) is 0 Å². The molecule has 0 aliphatic heterocycles. The Hall–Kier alpha value is -2.14. The van der Waals surface area contributed by atoms with Gasteiger partial charge in [0.05, 0.1) is 23.9 Å². The lowest BCUT2D eigenvalue weighted by Crippen LogP contribution is -1.99. The average Bonchev–Trinajstić information content (AvgIpc) is 2.88. The number of halogens is 1. The van der Waals surface area contributed by atoms with Crippen molar-refractivity contribution in [2.45, 2.75) is 19.8 Å². The van der Waals surface area contributed by atoms with Crippen molar-refractivity contribution >= 4 is 22.6 Å². The summed E-state index contributed by atoms with van der Waals surface area (Å²) in [6, 6.07) is 7.69. The quantitative estimate of drug-likeness (QED) is 0.693. The highest BCUT2D eigenvalue weighted by molar-refractivity contribution is 6.34. The van der Waals surface area contributed by atoms with E-state index in [1.54, 1.807) is 11.8 Å². The first kappa shape index (κ1) is 13.8. The molecule has 21 heavy (non-hydrogen) atoms. The topological polar surface area (TPSA) is 52.8 Å². The molecule has 0 unspecified atom stereocenters. The number of fused-ring (bicyclic) bond motifs is 1. The molecular formula is C15H15ClN4O. The Kier molecular flexibility index (Phi) is 3.75. The number of rotatable bonds is 4. The fraction of sp³-hybridized carbons (Fsp3) is 0.267. The summed E-state index contributed by atoms with van der Waals surface area (Å²) >= 11 is 6.23. The van der Waals surface area contributed by atoms with Gasteiger partial charge < -0.3 is 4.74 Å². The van der Waals surface area contributed by atoms with Crippen LogP contribution in [0, 0.1) is 0 Å². The lowest BCUT2D eigenvalue weighted by molar-refractivity contribution is 0.414. The van der Waals surface area contributed by atoms with Crippen molar-refractivity contribution in [2.24, 2.45) is 0 Å². The molecule has 108 valence electrons. The van der Waals surface area contributed by atoms with Gasteiger partial charge in [-0.15, -0.1) is 0 Å². The van der Waals surface area contributed by atoms with Gasteiger partial charge in [0.1, 0.15) is 17.2 Å². The first-order valence-corrected chi connectivity index (χ1v) is 7.15. The van der Waals surface area contributed by atoms with Gasteiger partial charge in [0.15, 0.2) is 5.65 Å². The van der Waals surface area contributed by atoms with Crippen molar-refractivity contribution in [2.75, 3.05) is 7.11 Å². The smallest absolute Gasteiger partial charge is 0.168 e. The third-order valence-electron chi connectivity index (χ3n) is 3.28. The minimum atomic E-state index is 0.442. The fourth-order valence-electron chi connectivity index (χ4n) is 2.32. The minimum absolute atomic E-state index is 0.442. The molecule has 5 nitrogen and oxygen atoms in total. The number of ether oxygens (including phenoxy) is 1. The Morgan fingerprint density at radius 2 is 2.14 bits per heavy atom. The van der Waals surface area contributed by atoms with Gasteiger partial charge in [0.25, 0.3) is 0 Å². The predicted octanol–water partition coefficient (Wildman–Crippen LogP) is 3.43. The van der Waals surface area contributed by atoms with Crippen LogP contribution in [0.5, 0.6) is 5.75 Å². The summed E-state index contributed by atoms with van der Waals surface area (Å²) in [5.41, 5.74) is 2.52. The molecular weight excluding hydrogens is 288 g/mol. The van der Waals surface area contributed by atoms with E-state index in [9.17, 15) is 0 Å². The van der Waals surface area contributed by atoms with Crippen LogP contribution >= 0.6 is 11.6 Å². The van der Waals surface area contributed by atoms with Crippen molar-refractivity contribution in [3.63, 3.8) is 0 Å². The van der Waals surface area contributed by atoms with E-state index in [0.717, 1.165) is 35.4 Å². The van der Waals surface area contributed by atoms with E-state index in [2.05, 4.69) is 22.0 Å². The summed E-state index contributed by atoms with van der Waals surface area (Å²) < 4.78 is 7.05. The molecule has 0 saturated heterocycles. The van der Waals surface area contributed by atoms with Gasteiger partial charge in [-0.25, -0.2) is 14.6 Å². The number of benzene rings is 1. The van der Waals surface area contributed by atoms with Crippen LogP contribution in [-0.2, 0) is 6.42 Å². The second-order valence-corrected chi connectivity index (χ2v) is 5.03. The first-order chi connectivity index (χ1) is 10.2. The monoisotopic (exact) mass is 302 g/mol. The van der Waals surface area contributed by atoms with Crippen LogP contribution in [0.1, 0.15) is 19.0 Å². The molecule has 3 rings (SSSR count). The van der Waals surface area contributed by atoms with Crippen LogP contribution in [0.4, 0.5) is 0 Å². The molecule has 1 aromatic carbocycles. The summed E-state index contributed by atoms with van der Waals surface area (Å²) in [4.78, 5) is 8.41. The van der Waals surface area contributed by atoms with Gasteiger partial charge in [-0.05, 0) is 18.6 Å². The molecule has 3 aromatic rings. The van der Waals surface area contributed by atoms with Crippen LogP contribution in [0.25, 0.3) is 16.7 Å². The Bertz CT molecular complexity index is 784. The van der Waals surface area contributed by atoms with E-state index < -0.39 is 0 Å². The third kappa shape index (κ3) is 2.45.